The van der Waals surface area contributed by atoms with Crippen LogP contribution in [0.3, 0.4) is 0 Å². The van der Waals surface area contributed by atoms with Crippen molar-refractivity contribution in [2.45, 2.75) is 32.7 Å². The minimum Gasteiger partial charge on any atom is -0.484 e. The molecule has 1 fully saturated rings. The molecule has 0 radical (unpaired) electrons. The summed E-state index contributed by atoms with van der Waals surface area (Å²) in [5.41, 5.74) is -0.582. The molecule has 0 unspecified atom stereocenters. The molecule has 2 rings (SSSR count). The molecule has 1 aliphatic rings. The van der Waals surface area contributed by atoms with Crippen LogP contribution < -0.4 is 10.1 Å². The fraction of sp³-hybridized carbons (Fsp3) is 0.556. The lowest BCUT2D eigenvalue weighted by atomic mass is 9.93. The Morgan fingerprint density at radius 3 is 2.40 bits per heavy atom. The predicted octanol–water partition coefficient (Wildman–Crippen LogP) is 3.09. The van der Waals surface area contributed by atoms with Crippen molar-refractivity contribution in [1.82, 2.24) is 10.2 Å². The van der Waals surface area contributed by atoms with Crippen LogP contribution in [-0.2, 0) is 9.59 Å². The molecule has 1 aromatic carbocycles. The summed E-state index contributed by atoms with van der Waals surface area (Å²) >= 11 is 11.6. The van der Waals surface area contributed by atoms with Gasteiger partial charge in [-0.1, -0.05) is 11.6 Å². The molecule has 1 heterocycles. The van der Waals surface area contributed by atoms with Crippen LogP contribution in [0, 0.1) is 5.41 Å². The minimum absolute atomic E-state index is 0.00205. The molecule has 0 atom stereocenters. The number of carbonyl (C=O) groups is 2. The first-order valence-electron chi connectivity index (χ1n) is 8.35. The molecular formula is C18H24Cl2N2O3. The van der Waals surface area contributed by atoms with Gasteiger partial charge in [0.25, 0.3) is 5.91 Å². The molecule has 25 heavy (non-hydrogen) atoms. The van der Waals surface area contributed by atoms with E-state index >= 15 is 0 Å². The fourth-order valence-electron chi connectivity index (χ4n) is 2.48. The number of rotatable bonds is 6. The first kappa shape index (κ1) is 19.9. The van der Waals surface area contributed by atoms with Crippen LogP contribution >= 0.6 is 23.2 Å². The van der Waals surface area contributed by atoms with Crippen LogP contribution in [0.1, 0.15) is 26.7 Å². The molecule has 0 bridgehead atoms. The number of benzene rings is 1. The number of ether oxygens (including phenoxy) is 1. The topological polar surface area (TPSA) is 58.6 Å². The van der Waals surface area contributed by atoms with Gasteiger partial charge >= 0.3 is 0 Å². The van der Waals surface area contributed by atoms with Crippen molar-refractivity contribution in [3.8, 4) is 5.75 Å². The van der Waals surface area contributed by atoms with Crippen LogP contribution in [0.5, 0.6) is 5.75 Å². The van der Waals surface area contributed by atoms with Crippen LogP contribution in [0.2, 0.25) is 5.02 Å². The monoisotopic (exact) mass is 386 g/mol. The number of nitrogens with zero attached hydrogens (tertiary/aromatic N) is 1. The van der Waals surface area contributed by atoms with Crippen molar-refractivity contribution in [2.24, 2.45) is 5.41 Å². The predicted molar refractivity (Wildman–Crippen MR) is 99.2 cm³/mol. The second-order valence-corrected chi connectivity index (χ2v) is 7.59. The van der Waals surface area contributed by atoms with Crippen molar-refractivity contribution in [3.63, 3.8) is 0 Å². The molecule has 7 heteroatoms. The Balaban J connectivity index is 1.74. The van der Waals surface area contributed by atoms with Gasteiger partial charge in [-0.3, -0.25) is 9.59 Å². The van der Waals surface area contributed by atoms with Gasteiger partial charge in [0.2, 0.25) is 5.91 Å². The summed E-state index contributed by atoms with van der Waals surface area (Å²) in [6.45, 7) is 4.85. The average molecular weight is 387 g/mol. The van der Waals surface area contributed by atoms with Gasteiger partial charge in [-0.2, -0.15) is 0 Å². The zero-order chi connectivity index (χ0) is 18.4. The lowest BCUT2D eigenvalue weighted by molar-refractivity contribution is -0.134. The standard InChI is InChI=1S/C18H24Cl2N2O3/c1-18(2,12-19)17(24)21-14-7-9-22(10-8-14)16(23)11-25-15-5-3-13(20)4-6-15/h3-6,14H,7-12H2,1-2H3,(H,21,24). The van der Waals surface area contributed by atoms with Crippen LogP contribution in [0.15, 0.2) is 24.3 Å². The molecule has 2 amide bonds. The Bertz CT molecular complexity index is 597. The van der Waals surface area contributed by atoms with E-state index in [0.29, 0.717) is 23.9 Å². The second-order valence-electron chi connectivity index (χ2n) is 6.89. The molecule has 0 aromatic heterocycles. The van der Waals surface area contributed by atoms with Crippen molar-refractivity contribution in [1.29, 1.82) is 0 Å². The van der Waals surface area contributed by atoms with E-state index in [9.17, 15) is 9.59 Å². The number of piperidine rings is 1. The Morgan fingerprint density at radius 2 is 1.84 bits per heavy atom. The molecule has 0 spiro atoms. The quantitative estimate of drug-likeness (QED) is 0.764. The van der Waals surface area contributed by atoms with E-state index < -0.39 is 5.41 Å². The van der Waals surface area contributed by atoms with Gasteiger partial charge in [0.05, 0.1) is 5.41 Å². The Kier molecular flexibility index (Phi) is 6.96. The van der Waals surface area contributed by atoms with Gasteiger partial charge in [-0.15, -0.1) is 11.6 Å². The van der Waals surface area contributed by atoms with Gasteiger partial charge in [0.1, 0.15) is 5.75 Å². The summed E-state index contributed by atoms with van der Waals surface area (Å²) in [7, 11) is 0. The summed E-state index contributed by atoms with van der Waals surface area (Å²) in [6.07, 6.45) is 1.47. The zero-order valence-corrected chi connectivity index (χ0v) is 16.1. The molecule has 1 aliphatic heterocycles. The average Bonchev–Trinajstić information content (AvgIpc) is 2.61. The third-order valence-electron chi connectivity index (χ3n) is 4.31. The first-order chi connectivity index (χ1) is 11.8. The Morgan fingerprint density at radius 1 is 1.24 bits per heavy atom. The summed E-state index contributed by atoms with van der Waals surface area (Å²) < 4.78 is 5.49. The van der Waals surface area contributed by atoms with E-state index in [0.717, 1.165) is 12.8 Å². The molecule has 138 valence electrons. The van der Waals surface area contributed by atoms with E-state index in [1.807, 2.05) is 13.8 Å². The number of alkyl halides is 1. The summed E-state index contributed by atoms with van der Waals surface area (Å²) in [4.78, 5) is 26.2. The SMILES string of the molecule is CC(C)(CCl)C(=O)NC1CCN(C(=O)COc2ccc(Cl)cc2)CC1. The number of amides is 2. The number of hydrogen-bond acceptors (Lipinski definition) is 3. The molecule has 1 N–H and O–H groups in total. The van der Waals surface area contributed by atoms with Crippen LogP contribution in [0.25, 0.3) is 0 Å². The highest BCUT2D eigenvalue weighted by molar-refractivity contribution is 6.30. The molecule has 0 aliphatic carbocycles. The third kappa shape index (κ3) is 5.79. The molecule has 1 aromatic rings. The normalized spacial score (nSPS) is 15.8. The lowest BCUT2D eigenvalue weighted by Gasteiger charge is -2.34. The van der Waals surface area contributed by atoms with Crippen LogP contribution in [-0.4, -0.2) is 48.3 Å². The van der Waals surface area contributed by atoms with Gasteiger partial charge in [0, 0.05) is 30.0 Å². The third-order valence-corrected chi connectivity index (χ3v) is 5.23. The van der Waals surface area contributed by atoms with Crippen molar-refractivity contribution >= 4 is 35.0 Å². The highest BCUT2D eigenvalue weighted by Gasteiger charge is 2.30. The number of carbonyl (C=O) groups excluding carboxylic acids is 2. The molecule has 1 saturated heterocycles. The number of hydrogen-bond donors (Lipinski definition) is 1. The second kappa shape index (κ2) is 8.77. The van der Waals surface area contributed by atoms with Crippen LogP contribution in [0.4, 0.5) is 0 Å². The molecular weight excluding hydrogens is 363 g/mol. The fourth-order valence-corrected chi connectivity index (χ4v) is 2.73. The van der Waals surface area contributed by atoms with Gasteiger partial charge in [0.15, 0.2) is 6.61 Å². The number of nitrogens with one attached hydrogen (secondary N) is 1. The highest BCUT2D eigenvalue weighted by Crippen LogP contribution is 2.19. The number of likely N-dealkylation sites (tertiary alicyclic amines) is 1. The van der Waals surface area contributed by atoms with E-state index in [4.69, 9.17) is 27.9 Å². The zero-order valence-electron chi connectivity index (χ0n) is 14.6. The van der Waals surface area contributed by atoms with E-state index in [2.05, 4.69) is 5.32 Å². The van der Waals surface area contributed by atoms with E-state index in [1.165, 1.54) is 0 Å². The van der Waals surface area contributed by atoms with E-state index in [-0.39, 0.29) is 30.3 Å². The van der Waals surface area contributed by atoms with Gasteiger partial charge in [-0.25, -0.2) is 0 Å². The maximum absolute atomic E-state index is 12.2. The summed E-state index contributed by atoms with van der Waals surface area (Å²) in [6, 6.07) is 6.98. The molecule has 0 saturated carbocycles. The number of halogens is 2. The largest absolute Gasteiger partial charge is 0.484 e. The maximum Gasteiger partial charge on any atom is 0.260 e. The Hall–Kier alpha value is -1.46. The van der Waals surface area contributed by atoms with Gasteiger partial charge < -0.3 is 15.0 Å². The molecule has 5 nitrogen and oxygen atoms in total. The smallest absolute Gasteiger partial charge is 0.260 e. The first-order valence-corrected chi connectivity index (χ1v) is 9.26. The van der Waals surface area contributed by atoms with Crippen molar-refractivity contribution in [2.75, 3.05) is 25.6 Å². The lowest BCUT2D eigenvalue weighted by Crippen LogP contribution is -2.50. The van der Waals surface area contributed by atoms with E-state index in [1.54, 1.807) is 29.2 Å². The highest BCUT2D eigenvalue weighted by atomic mass is 35.5. The minimum atomic E-state index is -0.582. The summed E-state index contributed by atoms with van der Waals surface area (Å²) in [5.74, 6) is 0.792. The maximum atomic E-state index is 12.2. The van der Waals surface area contributed by atoms with Crippen molar-refractivity contribution < 1.29 is 14.3 Å². The van der Waals surface area contributed by atoms with Crippen molar-refractivity contribution in [3.05, 3.63) is 29.3 Å². The Labute approximate surface area is 158 Å². The van der Waals surface area contributed by atoms with Gasteiger partial charge in [-0.05, 0) is 51.0 Å². The summed E-state index contributed by atoms with van der Waals surface area (Å²) in [5, 5.41) is 3.65.